The Hall–Kier alpha value is -2.52. The Morgan fingerprint density at radius 3 is 2.89 bits per heavy atom. The van der Waals surface area contributed by atoms with Gasteiger partial charge in [0.1, 0.15) is 6.26 Å². The van der Waals surface area contributed by atoms with Crippen LogP contribution in [0.3, 0.4) is 0 Å². The first kappa shape index (κ1) is 12.0. The molecule has 1 aromatic heterocycles. The van der Waals surface area contributed by atoms with E-state index in [0.29, 0.717) is 16.3 Å². The van der Waals surface area contributed by atoms with Crippen LogP contribution in [0.2, 0.25) is 5.02 Å². The molecule has 0 spiro atoms. The van der Waals surface area contributed by atoms with E-state index >= 15 is 0 Å². The van der Waals surface area contributed by atoms with Crippen molar-refractivity contribution in [1.29, 1.82) is 5.26 Å². The fourth-order valence-electron chi connectivity index (χ4n) is 1.23. The Kier molecular flexibility index (Phi) is 3.17. The molecule has 0 aliphatic heterocycles. The first-order valence-electron chi connectivity index (χ1n) is 4.75. The summed E-state index contributed by atoms with van der Waals surface area (Å²) in [7, 11) is 0. The molecule has 2 aromatic rings. The number of benzene rings is 1. The number of rotatable bonds is 3. The van der Waals surface area contributed by atoms with Gasteiger partial charge in [0.05, 0.1) is 22.3 Å². The van der Waals surface area contributed by atoms with Gasteiger partial charge < -0.3 is 14.8 Å². The van der Waals surface area contributed by atoms with Crippen molar-refractivity contribution in [3.63, 3.8) is 0 Å². The molecule has 90 valence electrons. The van der Waals surface area contributed by atoms with E-state index in [1.807, 2.05) is 6.07 Å². The zero-order chi connectivity index (χ0) is 13.1. The van der Waals surface area contributed by atoms with Crippen molar-refractivity contribution in [1.82, 2.24) is 4.98 Å². The molecule has 0 bridgehead atoms. The maximum atomic E-state index is 10.6. The summed E-state index contributed by atoms with van der Waals surface area (Å²) >= 11 is 5.93. The second-order valence-corrected chi connectivity index (χ2v) is 3.68. The van der Waals surface area contributed by atoms with Crippen LogP contribution < -0.4 is 5.32 Å². The topological polar surface area (TPSA) is 99.2 Å². The fourth-order valence-corrected chi connectivity index (χ4v) is 1.46. The van der Waals surface area contributed by atoms with E-state index in [1.165, 1.54) is 6.07 Å². The number of carbonyl (C=O) groups is 1. The molecule has 0 saturated heterocycles. The van der Waals surface area contributed by atoms with Gasteiger partial charge in [-0.3, -0.25) is 0 Å². The molecule has 0 aliphatic carbocycles. The van der Waals surface area contributed by atoms with Gasteiger partial charge in [-0.2, -0.15) is 10.2 Å². The van der Waals surface area contributed by atoms with Crippen molar-refractivity contribution >= 4 is 29.3 Å². The van der Waals surface area contributed by atoms with E-state index in [1.54, 1.807) is 12.1 Å². The normalized spacial score (nSPS) is 9.78. The molecule has 2 N–H and O–H groups in total. The molecule has 7 heteroatoms. The van der Waals surface area contributed by atoms with Gasteiger partial charge in [-0.1, -0.05) is 11.6 Å². The van der Waals surface area contributed by atoms with E-state index in [-0.39, 0.29) is 11.7 Å². The monoisotopic (exact) mass is 263 g/mol. The summed E-state index contributed by atoms with van der Waals surface area (Å²) < 4.78 is 4.91. The Bertz CT molecular complexity index is 645. The van der Waals surface area contributed by atoms with Gasteiger partial charge in [0, 0.05) is 0 Å². The number of nitrogens with one attached hydrogen (secondary N) is 1. The first-order valence-corrected chi connectivity index (χ1v) is 5.13. The lowest BCUT2D eigenvalue weighted by Crippen LogP contribution is -1.97. The molecular formula is C11H6ClN3O3. The molecule has 0 aliphatic rings. The summed E-state index contributed by atoms with van der Waals surface area (Å²) in [6, 6.07) is 6.58. The van der Waals surface area contributed by atoms with Crippen LogP contribution in [0, 0.1) is 11.3 Å². The van der Waals surface area contributed by atoms with Gasteiger partial charge in [0.15, 0.2) is 5.69 Å². The molecule has 0 amide bonds. The number of carboxylic acid groups (broad SMARTS) is 1. The molecule has 0 atom stereocenters. The first-order chi connectivity index (χ1) is 8.60. The van der Waals surface area contributed by atoms with Crippen LogP contribution in [0.4, 0.5) is 11.7 Å². The third kappa shape index (κ3) is 2.42. The highest BCUT2D eigenvalue weighted by molar-refractivity contribution is 6.33. The number of hydrogen-bond donors (Lipinski definition) is 2. The number of oxazole rings is 1. The standard InChI is InChI=1S/C11H6ClN3O3/c12-7-3-6(4-13)1-2-8(7)14-11-15-9(5-18-11)10(16)17/h1-3,5H,(H,14,15)(H,16,17). The van der Waals surface area contributed by atoms with Crippen LogP contribution in [0.25, 0.3) is 0 Å². The lowest BCUT2D eigenvalue weighted by atomic mass is 10.2. The zero-order valence-electron chi connectivity index (χ0n) is 8.85. The summed E-state index contributed by atoms with van der Waals surface area (Å²) in [5, 5.41) is 20.4. The molecule has 1 heterocycles. The smallest absolute Gasteiger partial charge is 0.357 e. The quantitative estimate of drug-likeness (QED) is 0.883. The van der Waals surface area contributed by atoms with Crippen molar-refractivity contribution in [3.05, 3.63) is 40.7 Å². The van der Waals surface area contributed by atoms with E-state index in [4.69, 9.17) is 26.4 Å². The summed E-state index contributed by atoms with van der Waals surface area (Å²) in [6.45, 7) is 0. The number of hydrogen-bond acceptors (Lipinski definition) is 5. The van der Waals surface area contributed by atoms with Gasteiger partial charge in [0.2, 0.25) is 0 Å². The van der Waals surface area contributed by atoms with E-state index in [2.05, 4.69) is 10.3 Å². The second-order valence-electron chi connectivity index (χ2n) is 3.27. The van der Waals surface area contributed by atoms with Crippen molar-refractivity contribution in [2.75, 3.05) is 5.32 Å². The van der Waals surface area contributed by atoms with Crippen LogP contribution in [-0.2, 0) is 0 Å². The molecule has 0 saturated carbocycles. The molecule has 18 heavy (non-hydrogen) atoms. The predicted molar refractivity (Wildman–Crippen MR) is 62.9 cm³/mol. The van der Waals surface area contributed by atoms with Crippen LogP contribution in [-0.4, -0.2) is 16.1 Å². The largest absolute Gasteiger partial charge is 0.476 e. The fraction of sp³-hybridized carbons (Fsp3) is 0. The van der Waals surface area contributed by atoms with Gasteiger partial charge in [0.25, 0.3) is 6.01 Å². The number of aromatic carboxylic acids is 1. The Morgan fingerprint density at radius 1 is 1.56 bits per heavy atom. The maximum Gasteiger partial charge on any atom is 0.357 e. The molecule has 0 radical (unpaired) electrons. The van der Waals surface area contributed by atoms with E-state index in [0.717, 1.165) is 6.26 Å². The minimum atomic E-state index is -1.18. The van der Waals surface area contributed by atoms with Crippen LogP contribution in [0.15, 0.2) is 28.9 Å². The second kappa shape index (κ2) is 4.77. The molecular weight excluding hydrogens is 258 g/mol. The van der Waals surface area contributed by atoms with Gasteiger partial charge >= 0.3 is 5.97 Å². The zero-order valence-corrected chi connectivity index (χ0v) is 9.60. The highest BCUT2D eigenvalue weighted by Gasteiger charge is 2.11. The summed E-state index contributed by atoms with van der Waals surface area (Å²) in [4.78, 5) is 14.3. The minimum absolute atomic E-state index is 0.0130. The lowest BCUT2D eigenvalue weighted by Gasteiger charge is -2.03. The van der Waals surface area contributed by atoms with E-state index in [9.17, 15) is 4.79 Å². The molecule has 0 unspecified atom stereocenters. The van der Waals surface area contributed by atoms with Crippen molar-refractivity contribution < 1.29 is 14.3 Å². The van der Waals surface area contributed by atoms with Crippen LogP contribution >= 0.6 is 11.6 Å². The van der Waals surface area contributed by atoms with Crippen molar-refractivity contribution in [3.8, 4) is 6.07 Å². The maximum absolute atomic E-state index is 10.6. The number of nitriles is 1. The minimum Gasteiger partial charge on any atom is -0.476 e. The average Bonchev–Trinajstić information content (AvgIpc) is 2.80. The van der Waals surface area contributed by atoms with E-state index < -0.39 is 5.97 Å². The molecule has 1 aromatic carbocycles. The highest BCUT2D eigenvalue weighted by Crippen LogP contribution is 2.25. The van der Waals surface area contributed by atoms with Crippen molar-refractivity contribution in [2.45, 2.75) is 0 Å². The Balaban J connectivity index is 2.23. The molecule has 2 rings (SSSR count). The predicted octanol–water partition coefficient (Wildman–Crippen LogP) is 2.64. The van der Waals surface area contributed by atoms with Gasteiger partial charge in [-0.15, -0.1) is 0 Å². The summed E-state index contributed by atoms with van der Waals surface area (Å²) in [6.07, 6.45) is 1.02. The number of halogens is 1. The van der Waals surface area contributed by atoms with Gasteiger partial charge in [-0.05, 0) is 18.2 Å². The third-order valence-corrected chi connectivity index (χ3v) is 2.38. The van der Waals surface area contributed by atoms with Gasteiger partial charge in [-0.25, -0.2) is 4.79 Å². The molecule has 6 nitrogen and oxygen atoms in total. The van der Waals surface area contributed by atoms with Crippen molar-refractivity contribution in [2.24, 2.45) is 0 Å². The summed E-state index contributed by atoms with van der Waals surface area (Å²) in [5.74, 6) is -1.18. The SMILES string of the molecule is N#Cc1ccc(Nc2nc(C(=O)O)co2)c(Cl)c1. The number of carboxylic acids is 1. The lowest BCUT2D eigenvalue weighted by molar-refractivity contribution is 0.0690. The average molecular weight is 264 g/mol. The number of anilines is 2. The number of nitrogens with zero attached hydrogens (tertiary/aromatic N) is 2. The highest BCUT2D eigenvalue weighted by atomic mass is 35.5. The van der Waals surface area contributed by atoms with Crippen LogP contribution in [0.5, 0.6) is 0 Å². The molecule has 0 fully saturated rings. The Morgan fingerprint density at radius 2 is 2.33 bits per heavy atom. The summed E-state index contributed by atoms with van der Waals surface area (Å²) in [5.41, 5.74) is 0.681. The Labute approximate surface area is 106 Å². The third-order valence-electron chi connectivity index (χ3n) is 2.06. The number of aromatic nitrogens is 1. The van der Waals surface area contributed by atoms with Crippen LogP contribution in [0.1, 0.15) is 16.1 Å².